The highest BCUT2D eigenvalue weighted by Crippen LogP contribution is 2.31. The monoisotopic (exact) mass is 266 g/mol. The van der Waals surface area contributed by atoms with Crippen LogP contribution in [0.5, 0.6) is 11.5 Å². The van der Waals surface area contributed by atoms with Gasteiger partial charge in [-0.25, -0.2) is 0 Å². The van der Waals surface area contributed by atoms with Gasteiger partial charge in [-0.15, -0.1) is 0 Å². The van der Waals surface area contributed by atoms with Crippen LogP contribution >= 0.6 is 0 Å². The maximum Gasteiger partial charge on any atom is 0.240 e. The third kappa shape index (κ3) is 4.13. The Kier molecular flexibility index (Phi) is 5.63. The highest BCUT2D eigenvalue weighted by Gasteiger charge is 2.15. The Bertz CT molecular complexity index is 433. The molecule has 0 atom stereocenters. The van der Waals surface area contributed by atoms with Crippen LogP contribution in [0, 0.1) is 0 Å². The van der Waals surface area contributed by atoms with Gasteiger partial charge in [0.05, 0.1) is 26.5 Å². The van der Waals surface area contributed by atoms with E-state index >= 15 is 0 Å². The molecule has 0 bridgehead atoms. The molecule has 0 spiro atoms. The first-order valence-corrected chi connectivity index (χ1v) is 6.21. The topological polar surface area (TPSA) is 50.8 Å². The fourth-order valence-electron chi connectivity index (χ4n) is 1.61. The molecule has 0 radical (unpaired) electrons. The first kappa shape index (κ1) is 15.3. The van der Waals surface area contributed by atoms with E-state index in [-0.39, 0.29) is 11.9 Å². The van der Waals surface area contributed by atoms with Crippen molar-refractivity contribution >= 4 is 11.6 Å². The van der Waals surface area contributed by atoms with Gasteiger partial charge in [0.15, 0.2) is 0 Å². The molecule has 0 aromatic heterocycles. The maximum atomic E-state index is 12.0. The Morgan fingerprint density at radius 3 is 2.53 bits per heavy atom. The molecular weight excluding hydrogens is 244 g/mol. The summed E-state index contributed by atoms with van der Waals surface area (Å²) in [5.41, 5.74) is 0.721. The van der Waals surface area contributed by atoms with Crippen LogP contribution in [-0.2, 0) is 4.79 Å². The summed E-state index contributed by atoms with van der Waals surface area (Å²) in [6, 6.07) is 5.65. The molecule has 0 aliphatic heterocycles. The molecule has 0 saturated carbocycles. The van der Waals surface area contributed by atoms with Gasteiger partial charge >= 0.3 is 0 Å². The van der Waals surface area contributed by atoms with Gasteiger partial charge < -0.3 is 19.7 Å². The van der Waals surface area contributed by atoms with Gasteiger partial charge in [-0.2, -0.15) is 0 Å². The van der Waals surface area contributed by atoms with E-state index in [9.17, 15) is 4.79 Å². The number of hydrogen-bond acceptors (Lipinski definition) is 4. The van der Waals surface area contributed by atoms with Crippen molar-refractivity contribution in [1.82, 2.24) is 5.32 Å². The van der Waals surface area contributed by atoms with Crippen LogP contribution in [0.25, 0.3) is 0 Å². The number of methoxy groups -OCH3 is 2. The normalized spacial score (nSPS) is 10.4. The van der Waals surface area contributed by atoms with Crippen LogP contribution in [0.4, 0.5) is 5.69 Å². The second kappa shape index (κ2) is 6.99. The zero-order valence-corrected chi connectivity index (χ0v) is 12.2. The molecule has 106 valence electrons. The van der Waals surface area contributed by atoms with Gasteiger partial charge in [-0.3, -0.25) is 4.79 Å². The van der Waals surface area contributed by atoms with Crippen molar-refractivity contribution in [1.29, 1.82) is 0 Å². The highest BCUT2D eigenvalue weighted by atomic mass is 16.5. The number of amides is 1. The number of benzene rings is 1. The lowest BCUT2D eigenvalue weighted by Gasteiger charge is -2.21. The molecule has 19 heavy (non-hydrogen) atoms. The van der Waals surface area contributed by atoms with Gasteiger partial charge in [-0.05, 0) is 12.1 Å². The molecule has 0 aliphatic rings. The molecule has 1 amide bonds. The van der Waals surface area contributed by atoms with E-state index in [1.165, 1.54) is 0 Å². The first-order chi connectivity index (χ1) is 8.99. The van der Waals surface area contributed by atoms with Crippen LogP contribution in [-0.4, -0.2) is 39.8 Å². The Hall–Kier alpha value is -1.75. The van der Waals surface area contributed by atoms with E-state index in [1.807, 2.05) is 19.9 Å². The summed E-state index contributed by atoms with van der Waals surface area (Å²) in [6.45, 7) is 4.30. The summed E-state index contributed by atoms with van der Waals surface area (Å²) in [6.07, 6.45) is 0. The fourth-order valence-corrected chi connectivity index (χ4v) is 1.61. The van der Waals surface area contributed by atoms with Crippen molar-refractivity contribution in [3.05, 3.63) is 18.2 Å². The lowest BCUT2D eigenvalue weighted by molar-refractivity contribution is -0.117. The standard InChI is InChI=1S/C14H22N2O3/c1-10(2)15-9-14(17)16(3)12-7-6-11(18-4)8-13(12)19-5/h6-8,10,15H,9H2,1-5H3. The molecule has 0 unspecified atom stereocenters. The number of rotatable bonds is 6. The highest BCUT2D eigenvalue weighted by molar-refractivity contribution is 5.95. The Labute approximate surface area is 114 Å². The minimum atomic E-state index is -0.0165. The summed E-state index contributed by atoms with van der Waals surface area (Å²) in [5.74, 6) is 1.29. The molecule has 5 heteroatoms. The van der Waals surface area contributed by atoms with Crippen LogP contribution in [0.3, 0.4) is 0 Å². The summed E-state index contributed by atoms with van der Waals surface area (Å²) < 4.78 is 10.4. The lowest BCUT2D eigenvalue weighted by Crippen LogP contribution is -2.38. The summed E-state index contributed by atoms with van der Waals surface area (Å²) in [7, 11) is 4.90. The van der Waals surface area contributed by atoms with E-state index in [4.69, 9.17) is 9.47 Å². The Morgan fingerprint density at radius 2 is 2.00 bits per heavy atom. The first-order valence-electron chi connectivity index (χ1n) is 6.21. The fraction of sp³-hybridized carbons (Fsp3) is 0.500. The number of nitrogens with zero attached hydrogens (tertiary/aromatic N) is 1. The van der Waals surface area contributed by atoms with Crippen molar-refractivity contribution in [2.75, 3.05) is 32.7 Å². The van der Waals surface area contributed by atoms with Gasteiger partial charge in [0, 0.05) is 19.2 Å². The predicted molar refractivity (Wildman–Crippen MR) is 76.1 cm³/mol. The summed E-state index contributed by atoms with van der Waals surface area (Å²) >= 11 is 0. The van der Waals surface area contributed by atoms with Crippen molar-refractivity contribution in [2.45, 2.75) is 19.9 Å². The second-order valence-corrected chi connectivity index (χ2v) is 4.53. The molecule has 0 saturated heterocycles. The number of nitrogens with one attached hydrogen (secondary N) is 1. The lowest BCUT2D eigenvalue weighted by atomic mass is 10.2. The van der Waals surface area contributed by atoms with E-state index in [0.717, 1.165) is 5.69 Å². The molecule has 5 nitrogen and oxygen atoms in total. The van der Waals surface area contributed by atoms with Crippen molar-refractivity contribution < 1.29 is 14.3 Å². The van der Waals surface area contributed by atoms with Gasteiger partial charge in [0.25, 0.3) is 0 Å². The Morgan fingerprint density at radius 1 is 1.32 bits per heavy atom. The maximum absolute atomic E-state index is 12.0. The molecule has 1 aromatic rings. The van der Waals surface area contributed by atoms with E-state index in [0.29, 0.717) is 18.0 Å². The summed E-state index contributed by atoms with van der Waals surface area (Å²) in [5, 5.41) is 3.10. The van der Waals surface area contributed by atoms with Crippen molar-refractivity contribution in [3.63, 3.8) is 0 Å². The van der Waals surface area contributed by atoms with Crippen LogP contribution in [0.15, 0.2) is 18.2 Å². The molecular formula is C14H22N2O3. The number of hydrogen-bond donors (Lipinski definition) is 1. The number of carbonyl (C=O) groups excluding carboxylic acids is 1. The largest absolute Gasteiger partial charge is 0.497 e. The second-order valence-electron chi connectivity index (χ2n) is 4.53. The predicted octanol–water partition coefficient (Wildman–Crippen LogP) is 1.66. The molecule has 1 aromatic carbocycles. The summed E-state index contributed by atoms with van der Waals surface area (Å²) in [4.78, 5) is 13.6. The van der Waals surface area contributed by atoms with Crippen molar-refractivity contribution in [2.24, 2.45) is 0 Å². The zero-order chi connectivity index (χ0) is 14.4. The Balaban J connectivity index is 2.86. The average molecular weight is 266 g/mol. The van der Waals surface area contributed by atoms with Crippen LogP contribution in [0.1, 0.15) is 13.8 Å². The third-order valence-electron chi connectivity index (χ3n) is 2.78. The third-order valence-corrected chi connectivity index (χ3v) is 2.78. The number of carbonyl (C=O) groups is 1. The molecule has 0 aliphatic carbocycles. The zero-order valence-electron chi connectivity index (χ0n) is 12.2. The van der Waals surface area contributed by atoms with Gasteiger partial charge in [-0.1, -0.05) is 13.8 Å². The van der Waals surface area contributed by atoms with Crippen molar-refractivity contribution in [3.8, 4) is 11.5 Å². The van der Waals surface area contributed by atoms with Crippen LogP contribution in [0.2, 0.25) is 0 Å². The van der Waals surface area contributed by atoms with E-state index in [2.05, 4.69) is 5.32 Å². The quantitative estimate of drug-likeness (QED) is 0.851. The minimum Gasteiger partial charge on any atom is -0.497 e. The SMILES string of the molecule is COc1ccc(N(C)C(=O)CNC(C)C)c(OC)c1. The molecule has 0 fully saturated rings. The smallest absolute Gasteiger partial charge is 0.240 e. The molecule has 0 heterocycles. The number of ether oxygens (including phenoxy) is 2. The van der Waals surface area contributed by atoms with E-state index < -0.39 is 0 Å². The van der Waals surface area contributed by atoms with Gasteiger partial charge in [0.1, 0.15) is 11.5 Å². The van der Waals surface area contributed by atoms with Crippen LogP contribution < -0.4 is 19.7 Å². The number of likely N-dealkylation sites (N-methyl/N-ethyl adjacent to an activating group) is 1. The van der Waals surface area contributed by atoms with E-state index in [1.54, 1.807) is 38.3 Å². The number of anilines is 1. The molecule has 1 N–H and O–H groups in total. The van der Waals surface area contributed by atoms with Gasteiger partial charge in [0.2, 0.25) is 5.91 Å². The average Bonchev–Trinajstić information content (AvgIpc) is 2.42. The minimum absolute atomic E-state index is 0.0165. The molecule has 1 rings (SSSR count).